The molecule has 0 amide bonds. The van der Waals surface area contributed by atoms with E-state index in [-0.39, 0.29) is 5.75 Å². The number of rotatable bonds is 3. The Morgan fingerprint density at radius 2 is 2.10 bits per heavy atom. The molecule has 0 fully saturated rings. The minimum Gasteiger partial charge on any atom is -0.508 e. The summed E-state index contributed by atoms with van der Waals surface area (Å²) in [6, 6.07) is 10.2. The molecule has 0 spiro atoms. The van der Waals surface area contributed by atoms with Crippen molar-refractivity contribution in [2.45, 2.75) is 0 Å². The second kappa shape index (κ2) is 5.14. The molecule has 0 atom stereocenters. The smallest absolute Gasteiger partial charge is 0.219 e. The van der Waals surface area contributed by atoms with Gasteiger partial charge in [0.05, 0.1) is 12.5 Å². The molecule has 0 aliphatic rings. The van der Waals surface area contributed by atoms with Gasteiger partial charge in [-0.1, -0.05) is 0 Å². The van der Waals surface area contributed by atoms with Gasteiger partial charge in [0.25, 0.3) is 0 Å². The lowest BCUT2D eigenvalue weighted by Crippen LogP contribution is -1.94. The van der Waals surface area contributed by atoms with Crippen LogP contribution in [0.3, 0.4) is 0 Å². The molecular formula is C13H10N4O2S. The first-order chi connectivity index (χ1) is 9.74. The average Bonchev–Trinajstić information content (AvgIpc) is 3.08. The van der Waals surface area contributed by atoms with E-state index in [2.05, 4.69) is 15.3 Å². The average molecular weight is 286 g/mol. The lowest BCUT2D eigenvalue weighted by Gasteiger charge is -1.97. The maximum atomic E-state index is 9.23. The summed E-state index contributed by atoms with van der Waals surface area (Å²) in [6.45, 7) is 0. The van der Waals surface area contributed by atoms with E-state index >= 15 is 0 Å². The number of phenolic OH excluding ortho intramolecular Hbond substituents is 1. The number of hydrogen-bond acceptors (Lipinski definition) is 5. The van der Waals surface area contributed by atoms with E-state index in [0.717, 1.165) is 5.56 Å². The first kappa shape index (κ1) is 12.4. The normalized spacial score (nSPS) is 11.2. The summed E-state index contributed by atoms with van der Waals surface area (Å²) < 4.78 is 7.13. The minimum atomic E-state index is 0.207. The van der Waals surface area contributed by atoms with Crippen molar-refractivity contribution < 1.29 is 9.52 Å². The summed E-state index contributed by atoms with van der Waals surface area (Å²) in [4.78, 5) is 0. The zero-order valence-electron chi connectivity index (χ0n) is 10.2. The van der Waals surface area contributed by atoms with Gasteiger partial charge in [-0.25, -0.2) is 5.10 Å². The number of phenols is 1. The first-order valence-electron chi connectivity index (χ1n) is 5.79. The Morgan fingerprint density at radius 3 is 2.80 bits per heavy atom. The van der Waals surface area contributed by atoms with E-state index in [0.29, 0.717) is 16.4 Å². The fraction of sp³-hybridized carbons (Fsp3) is 0. The van der Waals surface area contributed by atoms with Gasteiger partial charge in [0, 0.05) is 0 Å². The molecule has 3 rings (SSSR count). The Bertz CT molecular complexity index is 785. The maximum Gasteiger partial charge on any atom is 0.219 e. The molecule has 0 saturated heterocycles. The fourth-order valence-corrected chi connectivity index (χ4v) is 1.83. The molecular weight excluding hydrogens is 276 g/mol. The number of nitrogens with one attached hydrogen (secondary N) is 1. The summed E-state index contributed by atoms with van der Waals surface area (Å²) in [5.74, 6) is 1.27. The summed E-state index contributed by atoms with van der Waals surface area (Å²) in [7, 11) is 0. The zero-order chi connectivity index (χ0) is 13.9. The lowest BCUT2D eigenvalue weighted by molar-refractivity contribution is 0.475. The Balaban J connectivity index is 1.97. The highest BCUT2D eigenvalue weighted by Gasteiger charge is 2.10. The van der Waals surface area contributed by atoms with Crippen molar-refractivity contribution in [1.82, 2.24) is 14.9 Å². The van der Waals surface area contributed by atoms with Crippen LogP contribution in [-0.2, 0) is 0 Å². The van der Waals surface area contributed by atoms with Crippen LogP contribution in [0.1, 0.15) is 5.56 Å². The third-order valence-corrected chi connectivity index (χ3v) is 2.87. The second-order valence-electron chi connectivity index (χ2n) is 3.98. The number of benzene rings is 1. The van der Waals surface area contributed by atoms with Crippen LogP contribution in [0, 0.1) is 4.77 Å². The van der Waals surface area contributed by atoms with Crippen LogP contribution in [0.15, 0.2) is 52.2 Å². The predicted molar refractivity (Wildman–Crippen MR) is 76.2 cm³/mol. The molecule has 6 nitrogen and oxygen atoms in total. The molecule has 7 heteroatoms. The summed E-state index contributed by atoms with van der Waals surface area (Å²) in [5, 5.41) is 20.3. The predicted octanol–water partition coefficient (Wildman–Crippen LogP) is 2.79. The van der Waals surface area contributed by atoms with E-state index in [1.54, 1.807) is 48.9 Å². The van der Waals surface area contributed by atoms with Crippen LogP contribution in [0.4, 0.5) is 0 Å². The molecule has 2 heterocycles. The molecule has 0 radical (unpaired) electrons. The summed E-state index contributed by atoms with van der Waals surface area (Å²) in [5.41, 5.74) is 0.830. The van der Waals surface area contributed by atoms with Crippen LogP contribution in [0.2, 0.25) is 0 Å². The van der Waals surface area contributed by atoms with Crippen LogP contribution in [-0.4, -0.2) is 26.2 Å². The molecule has 2 aromatic heterocycles. The number of aromatic amines is 1. The Morgan fingerprint density at radius 1 is 1.30 bits per heavy atom. The number of aromatic hydroxyl groups is 1. The van der Waals surface area contributed by atoms with Gasteiger partial charge in [-0.05, 0) is 54.2 Å². The molecule has 0 aliphatic carbocycles. The topological polar surface area (TPSA) is 79.3 Å². The van der Waals surface area contributed by atoms with Gasteiger partial charge in [0.15, 0.2) is 5.76 Å². The monoisotopic (exact) mass is 286 g/mol. The van der Waals surface area contributed by atoms with Crippen molar-refractivity contribution in [3.8, 4) is 17.3 Å². The van der Waals surface area contributed by atoms with E-state index < -0.39 is 0 Å². The van der Waals surface area contributed by atoms with E-state index in [1.807, 2.05) is 0 Å². The third kappa shape index (κ3) is 2.39. The van der Waals surface area contributed by atoms with Crippen LogP contribution >= 0.6 is 12.2 Å². The molecule has 0 aliphatic heterocycles. The molecule has 3 aromatic rings. The zero-order valence-corrected chi connectivity index (χ0v) is 11.0. The van der Waals surface area contributed by atoms with Crippen molar-refractivity contribution in [2.75, 3.05) is 0 Å². The SMILES string of the molecule is Oc1ccc(C=Nn2c(-c3ccco3)n[nH]c2=S)cc1. The number of aromatic nitrogens is 3. The van der Waals surface area contributed by atoms with Crippen molar-refractivity contribution in [3.05, 3.63) is 53.0 Å². The van der Waals surface area contributed by atoms with Gasteiger partial charge >= 0.3 is 0 Å². The Labute approximate surface area is 119 Å². The lowest BCUT2D eigenvalue weighted by atomic mass is 10.2. The molecule has 2 N–H and O–H groups in total. The van der Waals surface area contributed by atoms with Gasteiger partial charge in [0.1, 0.15) is 5.75 Å². The third-order valence-electron chi connectivity index (χ3n) is 2.61. The van der Waals surface area contributed by atoms with Gasteiger partial charge in [0.2, 0.25) is 10.6 Å². The molecule has 1 aromatic carbocycles. The number of furan rings is 1. The van der Waals surface area contributed by atoms with E-state index in [9.17, 15) is 5.11 Å². The second-order valence-corrected chi connectivity index (χ2v) is 4.36. The molecule has 0 saturated carbocycles. The number of hydrogen-bond donors (Lipinski definition) is 2. The van der Waals surface area contributed by atoms with Crippen molar-refractivity contribution >= 4 is 18.4 Å². The highest BCUT2D eigenvalue weighted by atomic mass is 32.1. The maximum absolute atomic E-state index is 9.23. The standard InChI is InChI=1S/C13H10N4O2S/c18-10-5-3-9(4-6-10)8-14-17-12(15-16-13(17)20)11-2-1-7-19-11/h1-8,18H,(H,16,20). The highest BCUT2D eigenvalue weighted by molar-refractivity contribution is 7.71. The Kier molecular flexibility index (Phi) is 3.18. The Hall–Kier alpha value is -2.67. The molecule has 100 valence electrons. The van der Waals surface area contributed by atoms with Crippen LogP contribution < -0.4 is 0 Å². The number of nitrogens with zero attached hydrogens (tertiary/aromatic N) is 3. The highest BCUT2D eigenvalue weighted by Crippen LogP contribution is 2.17. The van der Waals surface area contributed by atoms with E-state index in [1.165, 1.54) is 4.68 Å². The van der Waals surface area contributed by atoms with Gasteiger partial charge < -0.3 is 9.52 Å². The summed E-state index contributed by atoms with van der Waals surface area (Å²) >= 11 is 5.13. The number of H-pyrrole nitrogens is 1. The summed E-state index contributed by atoms with van der Waals surface area (Å²) in [6.07, 6.45) is 3.18. The van der Waals surface area contributed by atoms with Crippen LogP contribution in [0.5, 0.6) is 5.75 Å². The van der Waals surface area contributed by atoms with E-state index in [4.69, 9.17) is 16.6 Å². The van der Waals surface area contributed by atoms with Crippen molar-refractivity contribution in [1.29, 1.82) is 0 Å². The van der Waals surface area contributed by atoms with Gasteiger partial charge in [-0.3, -0.25) is 0 Å². The van der Waals surface area contributed by atoms with Gasteiger partial charge in [-0.15, -0.1) is 5.10 Å². The largest absolute Gasteiger partial charge is 0.508 e. The molecule has 0 bridgehead atoms. The van der Waals surface area contributed by atoms with Gasteiger partial charge in [-0.2, -0.15) is 9.78 Å². The quantitative estimate of drug-likeness (QED) is 0.573. The van der Waals surface area contributed by atoms with Crippen LogP contribution in [0.25, 0.3) is 11.6 Å². The minimum absolute atomic E-state index is 0.207. The fourth-order valence-electron chi connectivity index (χ4n) is 1.65. The van der Waals surface area contributed by atoms with Crippen molar-refractivity contribution in [3.63, 3.8) is 0 Å². The molecule has 20 heavy (non-hydrogen) atoms. The first-order valence-corrected chi connectivity index (χ1v) is 6.19. The molecule has 0 unspecified atom stereocenters. The van der Waals surface area contributed by atoms with Crippen molar-refractivity contribution in [2.24, 2.45) is 5.10 Å².